The number of sulfonamides is 1. The molecule has 0 radical (unpaired) electrons. The molecule has 0 fully saturated rings. The maximum Gasteiger partial charge on any atom is 0.240 e. The summed E-state index contributed by atoms with van der Waals surface area (Å²) >= 11 is 0. The standard InChI is InChI=1S/C19H26N2O3S/c1-2-3-4-7-14-24-19-9-6-5-8-16(19)15-21-25(22,23)18-12-10-17(20)11-13-18/h5-6,8-13,21H,2-4,7,14-15,20H2,1H3. The van der Waals surface area contributed by atoms with Gasteiger partial charge in [-0.05, 0) is 36.8 Å². The van der Waals surface area contributed by atoms with Crippen molar-refractivity contribution in [1.82, 2.24) is 4.72 Å². The fourth-order valence-electron chi connectivity index (χ4n) is 2.40. The predicted octanol–water partition coefficient (Wildman–Crippen LogP) is 3.71. The van der Waals surface area contributed by atoms with Gasteiger partial charge in [0.1, 0.15) is 5.75 Å². The number of hydrogen-bond acceptors (Lipinski definition) is 4. The largest absolute Gasteiger partial charge is 0.493 e. The molecule has 0 saturated heterocycles. The van der Waals surface area contributed by atoms with Gasteiger partial charge in [0, 0.05) is 17.8 Å². The van der Waals surface area contributed by atoms with Gasteiger partial charge in [-0.2, -0.15) is 0 Å². The summed E-state index contributed by atoms with van der Waals surface area (Å²) in [6, 6.07) is 13.6. The molecule has 0 saturated carbocycles. The molecule has 0 aliphatic heterocycles. The lowest BCUT2D eigenvalue weighted by molar-refractivity contribution is 0.302. The number of hydrogen-bond donors (Lipinski definition) is 2. The minimum Gasteiger partial charge on any atom is -0.493 e. The molecule has 0 heterocycles. The van der Waals surface area contributed by atoms with Gasteiger partial charge < -0.3 is 10.5 Å². The molecule has 3 N–H and O–H groups in total. The van der Waals surface area contributed by atoms with Gasteiger partial charge in [0.25, 0.3) is 0 Å². The van der Waals surface area contributed by atoms with Crippen LogP contribution in [0.5, 0.6) is 5.75 Å². The minimum absolute atomic E-state index is 0.178. The molecule has 5 nitrogen and oxygen atoms in total. The van der Waals surface area contributed by atoms with E-state index in [-0.39, 0.29) is 11.4 Å². The molecule has 0 atom stereocenters. The quantitative estimate of drug-likeness (QED) is 0.499. The van der Waals surface area contributed by atoms with Crippen LogP contribution >= 0.6 is 0 Å². The lowest BCUT2D eigenvalue weighted by atomic mass is 10.2. The minimum atomic E-state index is -3.59. The predicted molar refractivity (Wildman–Crippen MR) is 101 cm³/mol. The van der Waals surface area contributed by atoms with Crippen molar-refractivity contribution >= 4 is 15.7 Å². The second-order valence-corrected chi connectivity index (χ2v) is 7.68. The summed E-state index contributed by atoms with van der Waals surface area (Å²) in [5.41, 5.74) is 6.95. The van der Waals surface area contributed by atoms with Crippen molar-refractivity contribution in [3.05, 3.63) is 54.1 Å². The second-order valence-electron chi connectivity index (χ2n) is 5.91. The van der Waals surface area contributed by atoms with Crippen molar-refractivity contribution < 1.29 is 13.2 Å². The van der Waals surface area contributed by atoms with Crippen molar-refractivity contribution in [2.45, 2.75) is 44.0 Å². The summed E-state index contributed by atoms with van der Waals surface area (Å²) in [6.45, 7) is 2.99. The van der Waals surface area contributed by atoms with Crippen LogP contribution in [0.2, 0.25) is 0 Å². The molecule has 2 aromatic carbocycles. The first kappa shape index (κ1) is 19.3. The van der Waals surface area contributed by atoms with E-state index in [2.05, 4.69) is 11.6 Å². The van der Waals surface area contributed by atoms with Crippen LogP contribution < -0.4 is 15.2 Å². The van der Waals surface area contributed by atoms with E-state index in [1.165, 1.54) is 25.0 Å². The second kappa shape index (κ2) is 9.44. The molecule has 0 bridgehead atoms. The van der Waals surface area contributed by atoms with Crippen molar-refractivity contribution in [2.75, 3.05) is 12.3 Å². The van der Waals surface area contributed by atoms with Crippen LogP contribution in [-0.4, -0.2) is 15.0 Å². The molecule has 0 spiro atoms. The maximum absolute atomic E-state index is 12.4. The van der Waals surface area contributed by atoms with E-state index in [1.807, 2.05) is 24.3 Å². The molecule has 0 aliphatic carbocycles. The van der Waals surface area contributed by atoms with Crippen molar-refractivity contribution in [2.24, 2.45) is 0 Å². The average Bonchev–Trinajstić information content (AvgIpc) is 2.61. The summed E-state index contributed by atoms with van der Waals surface area (Å²) in [6.07, 6.45) is 4.53. The number of nitrogens with two attached hydrogens (primary N) is 1. The Morgan fingerprint density at radius 1 is 1.00 bits per heavy atom. The van der Waals surface area contributed by atoms with E-state index in [0.29, 0.717) is 12.3 Å². The fraction of sp³-hybridized carbons (Fsp3) is 0.368. The van der Waals surface area contributed by atoms with Gasteiger partial charge in [0.2, 0.25) is 10.0 Å². The van der Waals surface area contributed by atoms with E-state index in [1.54, 1.807) is 12.1 Å². The van der Waals surface area contributed by atoms with Gasteiger partial charge in [-0.15, -0.1) is 0 Å². The highest BCUT2D eigenvalue weighted by Gasteiger charge is 2.14. The zero-order chi connectivity index (χ0) is 18.1. The molecule has 6 heteroatoms. The molecule has 0 aliphatic rings. The first-order valence-corrected chi connectivity index (χ1v) is 10.1. The summed E-state index contributed by atoms with van der Waals surface area (Å²) < 4.78 is 33.2. The molecular weight excluding hydrogens is 336 g/mol. The van der Waals surface area contributed by atoms with Gasteiger partial charge >= 0.3 is 0 Å². The third-order valence-electron chi connectivity index (χ3n) is 3.87. The van der Waals surface area contributed by atoms with E-state index in [4.69, 9.17) is 10.5 Å². The van der Waals surface area contributed by atoms with E-state index in [0.717, 1.165) is 24.2 Å². The highest BCUT2D eigenvalue weighted by atomic mass is 32.2. The molecular formula is C19H26N2O3S. The number of nitrogen functional groups attached to an aromatic ring is 1. The van der Waals surface area contributed by atoms with E-state index < -0.39 is 10.0 Å². The SMILES string of the molecule is CCCCCCOc1ccccc1CNS(=O)(=O)c1ccc(N)cc1. The van der Waals surface area contributed by atoms with Crippen molar-refractivity contribution in [1.29, 1.82) is 0 Å². The lowest BCUT2D eigenvalue weighted by Crippen LogP contribution is -2.23. The number of nitrogens with one attached hydrogen (secondary N) is 1. The monoisotopic (exact) mass is 362 g/mol. The number of unbranched alkanes of at least 4 members (excludes halogenated alkanes) is 3. The molecule has 136 valence electrons. The first-order chi connectivity index (χ1) is 12.0. The zero-order valence-corrected chi connectivity index (χ0v) is 15.4. The molecule has 25 heavy (non-hydrogen) atoms. The van der Waals surface area contributed by atoms with Crippen molar-refractivity contribution in [3.8, 4) is 5.75 Å². The number of benzene rings is 2. The molecule has 2 aromatic rings. The van der Waals surface area contributed by atoms with Crippen LogP contribution in [0.4, 0.5) is 5.69 Å². The zero-order valence-electron chi connectivity index (χ0n) is 14.6. The van der Waals surface area contributed by atoms with Crippen molar-refractivity contribution in [3.63, 3.8) is 0 Å². The number of para-hydroxylation sites is 1. The summed E-state index contributed by atoms with van der Waals surface area (Å²) in [4.78, 5) is 0.194. The van der Waals surface area contributed by atoms with Gasteiger partial charge in [-0.1, -0.05) is 44.4 Å². The number of ether oxygens (including phenoxy) is 1. The molecule has 0 unspecified atom stereocenters. The molecule has 2 rings (SSSR count). The Morgan fingerprint density at radius 3 is 2.44 bits per heavy atom. The highest BCUT2D eigenvalue weighted by molar-refractivity contribution is 7.89. The topological polar surface area (TPSA) is 81.4 Å². The van der Waals surface area contributed by atoms with Crippen LogP contribution in [0.15, 0.2) is 53.4 Å². The fourth-order valence-corrected chi connectivity index (χ4v) is 3.41. The highest BCUT2D eigenvalue weighted by Crippen LogP contribution is 2.19. The Balaban J connectivity index is 1.97. The number of anilines is 1. The molecule has 0 amide bonds. The summed E-state index contributed by atoms with van der Waals surface area (Å²) in [7, 11) is -3.59. The number of rotatable bonds is 10. The first-order valence-electron chi connectivity index (χ1n) is 8.59. The normalized spacial score (nSPS) is 11.4. The Labute approximate surface area is 150 Å². The van der Waals surface area contributed by atoms with Gasteiger partial charge in [0.05, 0.1) is 11.5 Å². The Morgan fingerprint density at radius 2 is 1.72 bits per heavy atom. The molecule has 0 aromatic heterocycles. The Kier molecular flexibility index (Phi) is 7.28. The van der Waals surface area contributed by atoms with E-state index in [9.17, 15) is 8.42 Å². The van der Waals surface area contributed by atoms with Crippen LogP contribution in [0, 0.1) is 0 Å². The third kappa shape index (κ3) is 6.07. The lowest BCUT2D eigenvalue weighted by Gasteiger charge is -2.12. The van der Waals surface area contributed by atoms with Crippen LogP contribution in [0.1, 0.15) is 38.2 Å². The average molecular weight is 362 g/mol. The summed E-state index contributed by atoms with van der Waals surface area (Å²) in [5, 5.41) is 0. The smallest absolute Gasteiger partial charge is 0.240 e. The third-order valence-corrected chi connectivity index (χ3v) is 5.29. The Bertz CT molecular complexity index is 758. The van der Waals surface area contributed by atoms with Gasteiger partial charge in [0.15, 0.2) is 0 Å². The van der Waals surface area contributed by atoms with Crippen LogP contribution in [0.3, 0.4) is 0 Å². The van der Waals surface area contributed by atoms with Gasteiger partial charge in [-0.3, -0.25) is 0 Å². The van der Waals surface area contributed by atoms with Crippen LogP contribution in [-0.2, 0) is 16.6 Å². The maximum atomic E-state index is 12.4. The Hall–Kier alpha value is -2.05. The van der Waals surface area contributed by atoms with E-state index >= 15 is 0 Å². The summed E-state index contributed by atoms with van der Waals surface area (Å²) in [5.74, 6) is 0.721. The van der Waals surface area contributed by atoms with Gasteiger partial charge in [-0.25, -0.2) is 13.1 Å². The van der Waals surface area contributed by atoms with Crippen LogP contribution in [0.25, 0.3) is 0 Å².